The molecule has 13 heavy (non-hydrogen) atoms. The number of thiazole rings is 1. The van der Waals surface area contributed by atoms with E-state index in [0.29, 0.717) is 11.3 Å². The Labute approximate surface area is 83.4 Å². The van der Waals surface area contributed by atoms with Crippen molar-refractivity contribution in [2.24, 2.45) is 0 Å². The third-order valence-corrected chi connectivity index (χ3v) is 4.22. The van der Waals surface area contributed by atoms with Gasteiger partial charge in [-0.3, -0.25) is 0 Å². The summed E-state index contributed by atoms with van der Waals surface area (Å²) in [6.07, 6.45) is 1.24. The molecule has 1 aromatic rings. The second kappa shape index (κ2) is 2.71. The number of nitrogens with one attached hydrogen (secondary N) is 1. The van der Waals surface area contributed by atoms with Gasteiger partial charge in [0.2, 0.25) is 0 Å². The van der Waals surface area contributed by atoms with Crippen molar-refractivity contribution in [2.75, 3.05) is 12.4 Å². The number of aromatic nitrogens is 1. The molecule has 1 aliphatic rings. The van der Waals surface area contributed by atoms with Gasteiger partial charge in [0.1, 0.15) is 0 Å². The van der Waals surface area contributed by atoms with E-state index >= 15 is 0 Å². The first-order valence-corrected chi connectivity index (χ1v) is 5.55. The molecule has 1 atom stereocenters. The largest absolute Gasteiger partial charge is 0.365 e. The van der Waals surface area contributed by atoms with Gasteiger partial charge in [0.15, 0.2) is 5.13 Å². The lowest BCUT2D eigenvalue weighted by Crippen LogP contribution is -2.10. The van der Waals surface area contributed by atoms with Gasteiger partial charge >= 0.3 is 0 Å². The summed E-state index contributed by atoms with van der Waals surface area (Å²) in [7, 11) is 1.94. The van der Waals surface area contributed by atoms with E-state index in [1.54, 1.807) is 0 Å². The molecule has 0 bridgehead atoms. The number of rotatable bonds is 1. The van der Waals surface area contributed by atoms with E-state index in [9.17, 15) is 0 Å². The van der Waals surface area contributed by atoms with Crippen molar-refractivity contribution >= 4 is 16.5 Å². The predicted octanol–water partition coefficient (Wildman–Crippen LogP) is 2.97. The van der Waals surface area contributed by atoms with Gasteiger partial charge in [-0.25, -0.2) is 4.98 Å². The van der Waals surface area contributed by atoms with Crippen molar-refractivity contribution in [3.8, 4) is 0 Å². The first kappa shape index (κ1) is 9.00. The molecule has 0 fully saturated rings. The third kappa shape index (κ3) is 1.26. The van der Waals surface area contributed by atoms with Gasteiger partial charge in [-0.05, 0) is 6.42 Å². The first-order chi connectivity index (χ1) is 6.04. The van der Waals surface area contributed by atoms with Crippen LogP contribution in [0, 0.1) is 0 Å². The molecule has 0 aromatic carbocycles. The molecule has 0 saturated heterocycles. The molecular weight excluding hydrogens is 180 g/mol. The van der Waals surface area contributed by atoms with Crippen LogP contribution in [-0.2, 0) is 5.41 Å². The van der Waals surface area contributed by atoms with Crippen LogP contribution in [0.1, 0.15) is 43.7 Å². The average molecular weight is 196 g/mol. The van der Waals surface area contributed by atoms with Crippen molar-refractivity contribution < 1.29 is 0 Å². The highest BCUT2D eigenvalue weighted by Gasteiger charge is 2.38. The maximum Gasteiger partial charge on any atom is 0.182 e. The number of hydrogen-bond donors (Lipinski definition) is 1. The highest BCUT2D eigenvalue weighted by Crippen LogP contribution is 2.48. The van der Waals surface area contributed by atoms with Crippen molar-refractivity contribution in [1.29, 1.82) is 0 Å². The lowest BCUT2D eigenvalue weighted by Gasteiger charge is -2.16. The molecule has 0 amide bonds. The molecule has 72 valence electrons. The highest BCUT2D eigenvalue weighted by atomic mass is 32.1. The molecule has 0 aliphatic heterocycles. The summed E-state index contributed by atoms with van der Waals surface area (Å²) in [5.41, 5.74) is 1.65. The number of anilines is 1. The van der Waals surface area contributed by atoms with E-state index in [4.69, 9.17) is 0 Å². The van der Waals surface area contributed by atoms with Gasteiger partial charge in [0.25, 0.3) is 0 Å². The minimum atomic E-state index is 0.335. The Hall–Kier alpha value is -0.570. The summed E-state index contributed by atoms with van der Waals surface area (Å²) in [4.78, 5) is 6.07. The zero-order chi connectivity index (χ0) is 9.64. The molecule has 1 heterocycles. The van der Waals surface area contributed by atoms with E-state index in [1.807, 2.05) is 18.4 Å². The van der Waals surface area contributed by atoms with Crippen molar-refractivity contribution in [3.05, 3.63) is 10.6 Å². The highest BCUT2D eigenvalue weighted by molar-refractivity contribution is 7.15. The summed E-state index contributed by atoms with van der Waals surface area (Å²) in [5.74, 6) is 0.628. The molecular formula is C10H16N2S. The van der Waals surface area contributed by atoms with E-state index in [2.05, 4.69) is 31.1 Å². The number of nitrogens with zero attached hydrogens (tertiary/aromatic N) is 1. The fourth-order valence-electron chi connectivity index (χ4n) is 2.21. The Bertz CT molecular complexity index is 328. The van der Waals surface area contributed by atoms with Crippen LogP contribution in [-0.4, -0.2) is 12.0 Å². The summed E-state index contributed by atoms with van der Waals surface area (Å²) in [6.45, 7) is 6.90. The van der Waals surface area contributed by atoms with Crippen LogP contribution in [0.5, 0.6) is 0 Å². The molecule has 1 N–H and O–H groups in total. The lowest BCUT2D eigenvalue weighted by molar-refractivity contribution is 0.493. The van der Waals surface area contributed by atoms with Gasteiger partial charge < -0.3 is 5.32 Å². The molecule has 0 radical (unpaired) electrons. The van der Waals surface area contributed by atoms with Crippen LogP contribution < -0.4 is 5.32 Å². The van der Waals surface area contributed by atoms with Crippen LogP contribution in [0.4, 0.5) is 5.13 Å². The molecule has 0 saturated carbocycles. The molecule has 1 aliphatic carbocycles. The molecule has 2 rings (SSSR count). The van der Waals surface area contributed by atoms with Gasteiger partial charge in [-0.15, -0.1) is 11.3 Å². The Morgan fingerprint density at radius 2 is 2.23 bits per heavy atom. The van der Waals surface area contributed by atoms with Gasteiger partial charge in [-0.1, -0.05) is 20.8 Å². The monoisotopic (exact) mass is 196 g/mol. The maximum absolute atomic E-state index is 4.59. The summed E-state index contributed by atoms with van der Waals surface area (Å²) in [6, 6.07) is 0. The molecule has 2 nitrogen and oxygen atoms in total. The predicted molar refractivity (Wildman–Crippen MR) is 57.7 cm³/mol. The Balaban J connectivity index is 2.49. The summed E-state index contributed by atoms with van der Waals surface area (Å²) < 4.78 is 0. The zero-order valence-electron chi connectivity index (χ0n) is 8.64. The molecule has 1 aromatic heterocycles. The molecule has 1 unspecified atom stereocenters. The molecule has 0 spiro atoms. The van der Waals surface area contributed by atoms with Crippen LogP contribution >= 0.6 is 11.3 Å². The van der Waals surface area contributed by atoms with E-state index in [1.165, 1.54) is 17.0 Å². The third-order valence-electron chi connectivity index (χ3n) is 2.77. The summed E-state index contributed by atoms with van der Waals surface area (Å²) >= 11 is 1.81. The number of hydrogen-bond acceptors (Lipinski definition) is 3. The quantitative estimate of drug-likeness (QED) is 0.747. The van der Waals surface area contributed by atoms with Gasteiger partial charge in [-0.2, -0.15) is 0 Å². The topological polar surface area (TPSA) is 24.9 Å². The minimum absolute atomic E-state index is 0.335. The smallest absolute Gasteiger partial charge is 0.182 e. The van der Waals surface area contributed by atoms with Crippen molar-refractivity contribution in [3.63, 3.8) is 0 Å². The second-order valence-corrected chi connectivity index (χ2v) is 5.47. The maximum atomic E-state index is 4.59. The van der Waals surface area contributed by atoms with Crippen molar-refractivity contribution in [1.82, 2.24) is 4.98 Å². The van der Waals surface area contributed by atoms with Gasteiger partial charge in [0, 0.05) is 23.3 Å². The normalized spacial score (nSPS) is 24.5. The van der Waals surface area contributed by atoms with Crippen LogP contribution in [0.2, 0.25) is 0 Å². The standard InChI is InChI=1S/C10H16N2S/c1-6-5-10(2,3)8-7(6)12-9(11-4)13-8/h6H,5H2,1-4H3,(H,11,12). The average Bonchev–Trinajstić information content (AvgIpc) is 2.53. The number of fused-ring (bicyclic) bond motifs is 1. The Morgan fingerprint density at radius 3 is 2.77 bits per heavy atom. The van der Waals surface area contributed by atoms with Gasteiger partial charge in [0.05, 0.1) is 5.69 Å². The van der Waals surface area contributed by atoms with E-state index in [0.717, 1.165) is 5.13 Å². The van der Waals surface area contributed by atoms with E-state index < -0.39 is 0 Å². The summed E-state index contributed by atoms with van der Waals surface area (Å²) in [5, 5.41) is 4.18. The zero-order valence-corrected chi connectivity index (χ0v) is 9.46. The fraction of sp³-hybridized carbons (Fsp3) is 0.700. The Kier molecular flexibility index (Phi) is 1.88. The molecule has 3 heteroatoms. The van der Waals surface area contributed by atoms with Crippen molar-refractivity contribution in [2.45, 2.75) is 38.5 Å². The SMILES string of the molecule is CNc1nc2c(s1)C(C)(C)CC2C. The van der Waals surface area contributed by atoms with Crippen LogP contribution in [0.3, 0.4) is 0 Å². The second-order valence-electron chi connectivity index (χ2n) is 4.47. The van der Waals surface area contributed by atoms with Crippen LogP contribution in [0.25, 0.3) is 0 Å². The van der Waals surface area contributed by atoms with Crippen LogP contribution in [0.15, 0.2) is 0 Å². The van der Waals surface area contributed by atoms with E-state index in [-0.39, 0.29) is 0 Å². The minimum Gasteiger partial charge on any atom is -0.365 e. The fourth-order valence-corrected chi connectivity index (χ4v) is 3.36. The Morgan fingerprint density at radius 1 is 1.54 bits per heavy atom. The lowest BCUT2D eigenvalue weighted by atomic mass is 9.91. The first-order valence-electron chi connectivity index (χ1n) is 4.73.